The molecule has 2 heterocycles. The third-order valence-corrected chi connectivity index (χ3v) is 4.47. The first-order chi connectivity index (χ1) is 8.70. The van der Waals surface area contributed by atoms with Crippen LogP contribution in [0.25, 0.3) is 0 Å². The van der Waals surface area contributed by atoms with Crippen LogP contribution in [0.2, 0.25) is 0 Å². The van der Waals surface area contributed by atoms with Gasteiger partial charge in [0.15, 0.2) is 0 Å². The fourth-order valence-electron chi connectivity index (χ4n) is 3.69. The highest BCUT2D eigenvalue weighted by molar-refractivity contribution is 5.73. The zero-order chi connectivity index (χ0) is 13.0. The van der Waals surface area contributed by atoms with E-state index in [2.05, 4.69) is 17.1 Å². The van der Waals surface area contributed by atoms with Gasteiger partial charge in [-0.25, -0.2) is 0 Å². The minimum absolute atomic E-state index is 0.163. The van der Waals surface area contributed by atoms with Gasteiger partial charge in [0.2, 0.25) is 5.91 Å². The van der Waals surface area contributed by atoms with Crippen LogP contribution in [0.5, 0.6) is 0 Å². The predicted molar refractivity (Wildman–Crippen MR) is 73.3 cm³/mol. The second-order valence-electron chi connectivity index (χ2n) is 5.77. The number of amides is 1. The molecule has 2 fully saturated rings. The summed E-state index contributed by atoms with van der Waals surface area (Å²) in [5.74, 6) is -0.163. The van der Waals surface area contributed by atoms with Gasteiger partial charge in [0.05, 0.1) is 0 Å². The highest BCUT2D eigenvalue weighted by Crippen LogP contribution is 2.35. The zero-order valence-electron chi connectivity index (χ0n) is 11.5. The summed E-state index contributed by atoms with van der Waals surface area (Å²) in [7, 11) is 0. The van der Waals surface area contributed by atoms with Crippen molar-refractivity contribution in [1.82, 2.24) is 10.2 Å². The Balaban J connectivity index is 1.73. The fourth-order valence-corrected chi connectivity index (χ4v) is 3.69. The molecular formula is C14H27N3O. The standard InChI is InChI=1S/C14H27N3O/c1-2-16-11-9-12-6-7-13(10-11)17(12)8-4-3-5-14(15)18/h11-13,16H,2-10H2,1H3,(H2,15,18). The van der Waals surface area contributed by atoms with E-state index in [9.17, 15) is 4.79 Å². The largest absolute Gasteiger partial charge is 0.370 e. The molecule has 104 valence electrons. The number of fused-ring (bicyclic) bond motifs is 2. The molecule has 0 aliphatic carbocycles. The van der Waals surface area contributed by atoms with Crippen LogP contribution in [0.1, 0.15) is 51.9 Å². The summed E-state index contributed by atoms with van der Waals surface area (Å²) >= 11 is 0. The normalized spacial score (nSPS) is 31.7. The average molecular weight is 253 g/mol. The Morgan fingerprint density at radius 3 is 2.50 bits per heavy atom. The van der Waals surface area contributed by atoms with E-state index < -0.39 is 0 Å². The van der Waals surface area contributed by atoms with Gasteiger partial charge in [-0.05, 0) is 51.6 Å². The first-order valence-electron chi connectivity index (χ1n) is 7.48. The van der Waals surface area contributed by atoms with Crippen molar-refractivity contribution >= 4 is 5.91 Å². The summed E-state index contributed by atoms with van der Waals surface area (Å²) in [5, 5.41) is 3.60. The molecule has 2 aliphatic heterocycles. The Kier molecular flexibility index (Phi) is 5.01. The van der Waals surface area contributed by atoms with Crippen molar-refractivity contribution in [3.05, 3.63) is 0 Å². The Labute approximate surface area is 110 Å². The highest BCUT2D eigenvalue weighted by Gasteiger charge is 2.39. The van der Waals surface area contributed by atoms with Crippen molar-refractivity contribution in [2.24, 2.45) is 5.73 Å². The van der Waals surface area contributed by atoms with Gasteiger partial charge in [-0.15, -0.1) is 0 Å². The molecule has 2 bridgehead atoms. The number of nitrogens with two attached hydrogens (primary N) is 1. The van der Waals surface area contributed by atoms with Crippen LogP contribution >= 0.6 is 0 Å². The molecule has 0 radical (unpaired) electrons. The topological polar surface area (TPSA) is 58.4 Å². The Bertz CT molecular complexity index is 268. The molecule has 0 aromatic carbocycles. The SMILES string of the molecule is CCNC1CC2CCC(C1)N2CCCCC(N)=O. The summed E-state index contributed by atoms with van der Waals surface area (Å²) in [6, 6.07) is 2.29. The second-order valence-corrected chi connectivity index (χ2v) is 5.77. The van der Waals surface area contributed by atoms with E-state index in [1.165, 1.54) is 25.7 Å². The van der Waals surface area contributed by atoms with Crippen molar-refractivity contribution < 1.29 is 4.79 Å². The monoisotopic (exact) mass is 253 g/mol. The lowest BCUT2D eigenvalue weighted by molar-refractivity contribution is -0.118. The average Bonchev–Trinajstić information content (AvgIpc) is 2.57. The maximum absolute atomic E-state index is 10.7. The smallest absolute Gasteiger partial charge is 0.217 e. The second kappa shape index (κ2) is 6.53. The maximum Gasteiger partial charge on any atom is 0.217 e. The Hall–Kier alpha value is -0.610. The van der Waals surface area contributed by atoms with E-state index in [1.54, 1.807) is 0 Å². The molecule has 3 N–H and O–H groups in total. The maximum atomic E-state index is 10.7. The molecule has 4 nitrogen and oxygen atoms in total. The van der Waals surface area contributed by atoms with Crippen molar-refractivity contribution in [1.29, 1.82) is 0 Å². The highest BCUT2D eigenvalue weighted by atomic mass is 16.1. The number of primary amides is 1. The van der Waals surface area contributed by atoms with Crippen LogP contribution in [-0.4, -0.2) is 42.0 Å². The quantitative estimate of drug-likeness (QED) is 0.671. The molecule has 18 heavy (non-hydrogen) atoms. The van der Waals surface area contributed by atoms with Gasteiger partial charge in [-0.3, -0.25) is 9.69 Å². The number of carbonyl (C=O) groups excluding carboxylic acids is 1. The lowest BCUT2D eigenvalue weighted by Gasteiger charge is -2.39. The molecule has 2 atom stereocenters. The third-order valence-electron chi connectivity index (χ3n) is 4.47. The molecule has 0 aromatic heterocycles. The van der Waals surface area contributed by atoms with Crippen molar-refractivity contribution in [2.45, 2.75) is 70.0 Å². The zero-order valence-corrected chi connectivity index (χ0v) is 11.5. The van der Waals surface area contributed by atoms with Gasteiger partial charge in [0.25, 0.3) is 0 Å². The number of hydrogen-bond acceptors (Lipinski definition) is 3. The minimum Gasteiger partial charge on any atom is -0.370 e. The number of unbranched alkanes of at least 4 members (excludes halogenated alkanes) is 1. The molecule has 2 saturated heterocycles. The van der Waals surface area contributed by atoms with Crippen LogP contribution in [-0.2, 0) is 4.79 Å². The number of carbonyl (C=O) groups is 1. The molecule has 0 aromatic rings. The molecule has 2 aliphatic rings. The molecule has 0 saturated carbocycles. The Morgan fingerprint density at radius 2 is 1.94 bits per heavy atom. The van der Waals surface area contributed by atoms with Crippen molar-refractivity contribution in [3.63, 3.8) is 0 Å². The molecule has 2 unspecified atom stereocenters. The van der Waals surface area contributed by atoms with Crippen LogP contribution in [0.4, 0.5) is 0 Å². The summed E-state index contributed by atoms with van der Waals surface area (Å²) in [6.45, 7) is 4.43. The van der Waals surface area contributed by atoms with Gasteiger partial charge >= 0.3 is 0 Å². The van der Waals surface area contributed by atoms with Crippen LogP contribution in [0, 0.1) is 0 Å². The number of piperidine rings is 1. The molecule has 4 heteroatoms. The molecule has 0 spiro atoms. The fraction of sp³-hybridized carbons (Fsp3) is 0.929. The van der Waals surface area contributed by atoms with Crippen LogP contribution in [0.15, 0.2) is 0 Å². The van der Waals surface area contributed by atoms with Crippen molar-refractivity contribution in [2.75, 3.05) is 13.1 Å². The first kappa shape index (κ1) is 13.8. The van der Waals surface area contributed by atoms with Gasteiger partial charge < -0.3 is 11.1 Å². The first-order valence-corrected chi connectivity index (χ1v) is 7.48. The predicted octanol–water partition coefficient (Wildman–Crippen LogP) is 1.25. The summed E-state index contributed by atoms with van der Waals surface area (Å²) < 4.78 is 0. The van der Waals surface area contributed by atoms with Gasteiger partial charge in [-0.2, -0.15) is 0 Å². The molecule has 1 amide bonds. The van der Waals surface area contributed by atoms with Gasteiger partial charge in [0, 0.05) is 24.5 Å². The third kappa shape index (κ3) is 3.45. The van der Waals surface area contributed by atoms with Crippen LogP contribution in [0.3, 0.4) is 0 Å². The van der Waals surface area contributed by atoms with E-state index in [0.29, 0.717) is 6.42 Å². The van der Waals surface area contributed by atoms with Crippen LogP contribution < -0.4 is 11.1 Å². The van der Waals surface area contributed by atoms with E-state index in [-0.39, 0.29) is 5.91 Å². The molecular weight excluding hydrogens is 226 g/mol. The van der Waals surface area contributed by atoms with E-state index in [1.807, 2.05) is 0 Å². The summed E-state index contributed by atoms with van der Waals surface area (Å²) in [4.78, 5) is 13.4. The van der Waals surface area contributed by atoms with E-state index >= 15 is 0 Å². The lowest BCUT2D eigenvalue weighted by atomic mass is 9.97. The number of nitrogens with zero attached hydrogens (tertiary/aromatic N) is 1. The minimum atomic E-state index is -0.163. The molecule has 2 rings (SSSR count). The lowest BCUT2D eigenvalue weighted by Crippen LogP contribution is -2.49. The van der Waals surface area contributed by atoms with E-state index in [0.717, 1.165) is 44.1 Å². The summed E-state index contributed by atoms with van der Waals surface area (Å²) in [5.41, 5.74) is 5.17. The number of nitrogens with one attached hydrogen (secondary N) is 1. The van der Waals surface area contributed by atoms with E-state index in [4.69, 9.17) is 5.73 Å². The van der Waals surface area contributed by atoms with Gasteiger partial charge in [-0.1, -0.05) is 6.92 Å². The number of rotatable bonds is 7. The Morgan fingerprint density at radius 1 is 1.28 bits per heavy atom. The van der Waals surface area contributed by atoms with Crippen molar-refractivity contribution in [3.8, 4) is 0 Å². The summed E-state index contributed by atoms with van der Waals surface area (Å²) in [6.07, 6.45) is 7.94. The number of hydrogen-bond donors (Lipinski definition) is 2. The van der Waals surface area contributed by atoms with Gasteiger partial charge in [0.1, 0.15) is 0 Å².